The number of benzene rings is 1. The third-order valence-electron chi connectivity index (χ3n) is 5.41. The van der Waals surface area contributed by atoms with E-state index in [1.54, 1.807) is 29.0 Å². The highest BCUT2D eigenvalue weighted by molar-refractivity contribution is 6.00. The molecule has 8 heteroatoms. The zero-order chi connectivity index (χ0) is 20.1. The second-order valence-corrected chi connectivity index (χ2v) is 7.31. The van der Waals surface area contributed by atoms with E-state index < -0.39 is 0 Å². The summed E-state index contributed by atoms with van der Waals surface area (Å²) in [6.07, 6.45) is 1.75. The van der Waals surface area contributed by atoms with Crippen LogP contribution in [0, 0.1) is 11.8 Å². The van der Waals surface area contributed by atoms with E-state index in [1.807, 2.05) is 12.1 Å². The lowest BCUT2D eigenvalue weighted by Gasteiger charge is -2.33. The molecule has 28 heavy (non-hydrogen) atoms. The van der Waals surface area contributed by atoms with Gasteiger partial charge in [0.25, 0.3) is 0 Å². The second-order valence-electron chi connectivity index (χ2n) is 7.31. The monoisotopic (exact) mass is 388 g/mol. The summed E-state index contributed by atoms with van der Waals surface area (Å²) < 4.78 is 5.15. The quantitative estimate of drug-likeness (QED) is 0.732. The number of likely N-dealkylation sites (tertiary alicyclic amines) is 1. The van der Waals surface area contributed by atoms with Crippen molar-refractivity contribution in [2.24, 2.45) is 17.6 Å². The van der Waals surface area contributed by atoms with Crippen LogP contribution in [0.3, 0.4) is 0 Å². The average Bonchev–Trinajstić information content (AvgIpc) is 3.13. The average molecular weight is 388 g/mol. The van der Waals surface area contributed by atoms with Gasteiger partial charge in [-0.15, -0.1) is 0 Å². The van der Waals surface area contributed by atoms with Crippen molar-refractivity contribution in [2.75, 3.05) is 44.7 Å². The van der Waals surface area contributed by atoms with Gasteiger partial charge in [-0.2, -0.15) is 0 Å². The highest BCUT2D eigenvalue weighted by Crippen LogP contribution is 2.29. The third-order valence-corrected chi connectivity index (χ3v) is 5.41. The molecular weight excluding hydrogens is 360 g/mol. The first kappa shape index (κ1) is 20.1. The van der Waals surface area contributed by atoms with E-state index in [9.17, 15) is 14.4 Å². The molecule has 1 aromatic rings. The zero-order valence-corrected chi connectivity index (χ0v) is 16.2. The molecule has 2 aliphatic rings. The fourth-order valence-electron chi connectivity index (χ4n) is 3.87. The predicted molar refractivity (Wildman–Crippen MR) is 105 cm³/mol. The minimum absolute atomic E-state index is 0.0410. The Morgan fingerprint density at radius 3 is 2.64 bits per heavy atom. The molecule has 2 fully saturated rings. The number of piperidine rings is 1. The van der Waals surface area contributed by atoms with E-state index in [0.29, 0.717) is 32.7 Å². The van der Waals surface area contributed by atoms with Gasteiger partial charge in [-0.25, -0.2) is 0 Å². The number of nitrogens with zero attached hydrogens (tertiary/aromatic N) is 2. The highest BCUT2D eigenvalue weighted by Gasteiger charge is 2.39. The molecule has 1 aromatic carbocycles. The van der Waals surface area contributed by atoms with Gasteiger partial charge in [-0.1, -0.05) is 0 Å². The largest absolute Gasteiger partial charge is 0.497 e. The summed E-state index contributed by atoms with van der Waals surface area (Å²) in [7, 11) is 1.59. The van der Waals surface area contributed by atoms with Crippen LogP contribution in [0.15, 0.2) is 24.3 Å². The van der Waals surface area contributed by atoms with Gasteiger partial charge in [0, 0.05) is 44.8 Å². The van der Waals surface area contributed by atoms with Gasteiger partial charge in [-0.3, -0.25) is 14.4 Å². The predicted octanol–water partition coefficient (Wildman–Crippen LogP) is 0.362. The molecule has 0 aromatic heterocycles. The summed E-state index contributed by atoms with van der Waals surface area (Å²) in [5.41, 5.74) is 6.19. The number of nitrogens with one attached hydrogen (secondary N) is 1. The molecule has 0 bridgehead atoms. The Morgan fingerprint density at radius 1 is 1.21 bits per heavy atom. The van der Waals surface area contributed by atoms with Gasteiger partial charge in [0.2, 0.25) is 17.7 Å². The standard InChI is InChI=1S/C20H28N4O4/c1-28-17-6-4-16(5-7-17)24-13-15(11-18(24)25)20(27)23-10-2-3-14(12-23)19(26)22-9-8-21/h4-7,14-15H,2-3,8-13,21H2,1H3,(H,22,26). The summed E-state index contributed by atoms with van der Waals surface area (Å²) in [5, 5.41) is 2.80. The normalized spacial score (nSPS) is 22.3. The number of ether oxygens (including phenoxy) is 1. The lowest BCUT2D eigenvalue weighted by molar-refractivity contribution is -0.139. The molecule has 2 saturated heterocycles. The van der Waals surface area contributed by atoms with Crippen LogP contribution in [0.4, 0.5) is 5.69 Å². The van der Waals surface area contributed by atoms with Crippen LogP contribution in [0.1, 0.15) is 19.3 Å². The smallest absolute Gasteiger partial charge is 0.228 e. The fraction of sp³-hybridized carbons (Fsp3) is 0.550. The Bertz CT molecular complexity index is 721. The minimum atomic E-state index is -0.375. The summed E-state index contributed by atoms with van der Waals surface area (Å²) in [4.78, 5) is 41.0. The fourth-order valence-corrected chi connectivity index (χ4v) is 3.87. The molecule has 3 N–H and O–H groups in total. The van der Waals surface area contributed by atoms with E-state index in [4.69, 9.17) is 10.5 Å². The van der Waals surface area contributed by atoms with Gasteiger partial charge in [0.1, 0.15) is 5.75 Å². The van der Waals surface area contributed by atoms with Gasteiger partial charge in [-0.05, 0) is 37.1 Å². The van der Waals surface area contributed by atoms with E-state index in [0.717, 1.165) is 24.3 Å². The third kappa shape index (κ3) is 4.44. The zero-order valence-electron chi connectivity index (χ0n) is 16.2. The number of anilines is 1. The minimum Gasteiger partial charge on any atom is -0.497 e. The number of carbonyl (C=O) groups excluding carboxylic acids is 3. The summed E-state index contributed by atoms with van der Waals surface area (Å²) in [6.45, 7) is 2.24. The Balaban J connectivity index is 1.61. The number of carbonyl (C=O) groups is 3. The second kappa shape index (κ2) is 9.05. The lowest BCUT2D eigenvalue weighted by atomic mass is 9.95. The maximum atomic E-state index is 13.0. The lowest BCUT2D eigenvalue weighted by Crippen LogP contribution is -2.48. The van der Waals surface area contributed by atoms with Crippen molar-refractivity contribution in [3.8, 4) is 5.75 Å². The van der Waals surface area contributed by atoms with Crippen LogP contribution in [-0.4, -0.2) is 62.5 Å². The van der Waals surface area contributed by atoms with Crippen molar-refractivity contribution in [1.82, 2.24) is 10.2 Å². The molecule has 2 heterocycles. The summed E-state index contributed by atoms with van der Waals surface area (Å²) >= 11 is 0. The number of nitrogens with two attached hydrogens (primary N) is 1. The summed E-state index contributed by atoms with van der Waals surface area (Å²) in [6, 6.07) is 7.24. The first-order chi connectivity index (χ1) is 13.5. The Kier molecular flexibility index (Phi) is 6.51. The number of amides is 3. The molecule has 152 valence electrons. The molecule has 3 rings (SSSR count). The van der Waals surface area contributed by atoms with Crippen molar-refractivity contribution in [2.45, 2.75) is 19.3 Å². The van der Waals surface area contributed by atoms with Crippen molar-refractivity contribution in [3.63, 3.8) is 0 Å². The van der Waals surface area contributed by atoms with Crippen LogP contribution < -0.4 is 20.7 Å². The van der Waals surface area contributed by atoms with Crippen LogP contribution in [-0.2, 0) is 14.4 Å². The van der Waals surface area contributed by atoms with Crippen LogP contribution in [0.5, 0.6) is 5.75 Å². The molecule has 8 nitrogen and oxygen atoms in total. The first-order valence-corrected chi connectivity index (χ1v) is 9.74. The molecule has 2 aliphatic heterocycles. The molecule has 0 saturated carbocycles. The SMILES string of the molecule is COc1ccc(N2CC(C(=O)N3CCCC(C(=O)NCCN)C3)CC2=O)cc1. The van der Waals surface area contributed by atoms with Gasteiger partial charge >= 0.3 is 0 Å². The van der Waals surface area contributed by atoms with Crippen molar-refractivity contribution in [3.05, 3.63) is 24.3 Å². The maximum absolute atomic E-state index is 13.0. The van der Waals surface area contributed by atoms with Crippen molar-refractivity contribution < 1.29 is 19.1 Å². The summed E-state index contributed by atoms with van der Waals surface area (Å²) in [5.74, 6) is -0.0152. The van der Waals surface area contributed by atoms with Crippen molar-refractivity contribution in [1.29, 1.82) is 0 Å². The molecule has 0 aliphatic carbocycles. The van der Waals surface area contributed by atoms with E-state index in [1.165, 1.54) is 0 Å². The molecule has 3 amide bonds. The van der Waals surface area contributed by atoms with Crippen LogP contribution >= 0.6 is 0 Å². The maximum Gasteiger partial charge on any atom is 0.228 e. The molecule has 0 radical (unpaired) electrons. The number of rotatable bonds is 6. The van der Waals surface area contributed by atoms with E-state index in [2.05, 4.69) is 5.32 Å². The topological polar surface area (TPSA) is 105 Å². The Hall–Kier alpha value is -2.61. The van der Waals surface area contributed by atoms with Gasteiger partial charge in [0.15, 0.2) is 0 Å². The van der Waals surface area contributed by atoms with Gasteiger partial charge in [0.05, 0.1) is 18.9 Å². The van der Waals surface area contributed by atoms with Crippen LogP contribution in [0.25, 0.3) is 0 Å². The molecular formula is C20H28N4O4. The Morgan fingerprint density at radius 2 is 1.96 bits per heavy atom. The van der Waals surface area contributed by atoms with Crippen LogP contribution in [0.2, 0.25) is 0 Å². The van der Waals surface area contributed by atoms with E-state index in [-0.39, 0.29) is 36.0 Å². The number of hydrogen-bond acceptors (Lipinski definition) is 5. The molecule has 0 spiro atoms. The Labute approximate surface area is 165 Å². The number of hydrogen-bond donors (Lipinski definition) is 2. The highest BCUT2D eigenvalue weighted by atomic mass is 16.5. The first-order valence-electron chi connectivity index (χ1n) is 9.74. The molecule has 2 atom stereocenters. The number of methoxy groups -OCH3 is 1. The molecule has 2 unspecified atom stereocenters. The van der Waals surface area contributed by atoms with Gasteiger partial charge < -0.3 is 25.6 Å². The van der Waals surface area contributed by atoms with E-state index >= 15 is 0 Å². The van der Waals surface area contributed by atoms with Crippen molar-refractivity contribution >= 4 is 23.4 Å².